The predicted octanol–water partition coefficient (Wildman–Crippen LogP) is 3.05. The molecule has 1 saturated carbocycles. The van der Waals surface area contributed by atoms with Gasteiger partial charge in [-0.05, 0) is 51.9 Å². The lowest BCUT2D eigenvalue weighted by molar-refractivity contribution is -0.154. The van der Waals surface area contributed by atoms with E-state index in [4.69, 9.17) is 4.74 Å². The third-order valence-corrected chi connectivity index (χ3v) is 3.78. The average Bonchev–Trinajstić information content (AvgIpc) is 2.24. The Kier molecular flexibility index (Phi) is 5.44. The zero-order valence-electron chi connectivity index (χ0n) is 11.4. The summed E-state index contributed by atoms with van der Waals surface area (Å²) in [5.74, 6) is -0.0617. The van der Waals surface area contributed by atoms with Gasteiger partial charge in [-0.25, -0.2) is 0 Å². The molecule has 1 atom stereocenters. The minimum Gasteiger partial charge on any atom is -0.462 e. The van der Waals surface area contributed by atoms with Crippen molar-refractivity contribution >= 4 is 5.97 Å². The molecule has 0 radical (unpaired) electrons. The third kappa shape index (κ3) is 5.07. The van der Waals surface area contributed by atoms with Gasteiger partial charge in [0.05, 0.1) is 11.5 Å². The van der Waals surface area contributed by atoms with Crippen molar-refractivity contribution in [1.82, 2.24) is 0 Å². The lowest BCUT2D eigenvalue weighted by atomic mass is 9.88. The van der Waals surface area contributed by atoms with E-state index in [1.807, 2.05) is 20.8 Å². The van der Waals surface area contributed by atoms with Crippen LogP contribution in [0.5, 0.6) is 0 Å². The van der Waals surface area contributed by atoms with Crippen molar-refractivity contribution in [2.45, 2.75) is 77.4 Å². The summed E-state index contributed by atoms with van der Waals surface area (Å²) in [6.45, 7) is 5.82. The van der Waals surface area contributed by atoms with Crippen LogP contribution in [0, 0.1) is 5.92 Å². The van der Waals surface area contributed by atoms with Gasteiger partial charge in [0.2, 0.25) is 0 Å². The number of aliphatic hydroxyl groups is 1. The SMILES string of the molecule is CCC(C)C(=O)OC1CCCC(C)(O)CCC1. The first-order chi connectivity index (χ1) is 7.94. The van der Waals surface area contributed by atoms with Crippen LogP contribution < -0.4 is 0 Å². The highest BCUT2D eigenvalue weighted by molar-refractivity contribution is 5.72. The third-order valence-electron chi connectivity index (χ3n) is 3.78. The second kappa shape index (κ2) is 6.39. The van der Waals surface area contributed by atoms with E-state index >= 15 is 0 Å². The minimum absolute atomic E-state index is 0.00329. The summed E-state index contributed by atoms with van der Waals surface area (Å²) in [4.78, 5) is 11.7. The van der Waals surface area contributed by atoms with Gasteiger partial charge >= 0.3 is 5.97 Å². The summed E-state index contributed by atoms with van der Waals surface area (Å²) >= 11 is 0. The van der Waals surface area contributed by atoms with Crippen LogP contribution in [-0.2, 0) is 9.53 Å². The fourth-order valence-electron chi connectivity index (χ4n) is 2.26. The van der Waals surface area contributed by atoms with E-state index in [2.05, 4.69) is 0 Å². The monoisotopic (exact) mass is 242 g/mol. The van der Waals surface area contributed by atoms with Gasteiger partial charge in [-0.15, -0.1) is 0 Å². The van der Waals surface area contributed by atoms with E-state index in [1.54, 1.807) is 0 Å². The molecular formula is C14H26O3. The highest BCUT2D eigenvalue weighted by Crippen LogP contribution is 2.27. The fourth-order valence-corrected chi connectivity index (χ4v) is 2.26. The number of rotatable bonds is 3. The second-order valence-electron chi connectivity index (χ2n) is 5.65. The molecule has 17 heavy (non-hydrogen) atoms. The van der Waals surface area contributed by atoms with Crippen LogP contribution in [0.2, 0.25) is 0 Å². The van der Waals surface area contributed by atoms with Gasteiger partial charge in [-0.3, -0.25) is 4.79 Å². The zero-order chi connectivity index (χ0) is 12.9. The molecule has 3 heteroatoms. The van der Waals surface area contributed by atoms with Crippen molar-refractivity contribution in [2.75, 3.05) is 0 Å². The minimum atomic E-state index is -0.522. The largest absolute Gasteiger partial charge is 0.462 e. The van der Waals surface area contributed by atoms with Crippen LogP contribution in [0.3, 0.4) is 0 Å². The Morgan fingerprint density at radius 2 is 1.94 bits per heavy atom. The van der Waals surface area contributed by atoms with Crippen LogP contribution in [0.25, 0.3) is 0 Å². The van der Waals surface area contributed by atoms with Crippen molar-refractivity contribution in [2.24, 2.45) is 5.92 Å². The van der Waals surface area contributed by atoms with Gasteiger partial charge in [0.15, 0.2) is 0 Å². The van der Waals surface area contributed by atoms with E-state index < -0.39 is 5.60 Å². The van der Waals surface area contributed by atoms with E-state index in [0.29, 0.717) is 0 Å². The molecular weight excluding hydrogens is 216 g/mol. The Hall–Kier alpha value is -0.570. The molecule has 3 nitrogen and oxygen atoms in total. The summed E-state index contributed by atoms with van der Waals surface area (Å²) in [7, 11) is 0. The Bertz CT molecular complexity index is 236. The molecule has 0 aromatic carbocycles. The van der Waals surface area contributed by atoms with E-state index in [1.165, 1.54) is 0 Å². The Morgan fingerprint density at radius 3 is 2.41 bits per heavy atom. The molecule has 0 spiro atoms. The lowest BCUT2D eigenvalue weighted by Crippen LogP contribution is -2.29. The van der Waals surface area contributed by atoms with Crippen molar-refractivity contribution in [3.8, 4) is 0 Å². The summed E-state index contributed by atoms with van der Waals surface area (Å²) in [5.41, 5.74) is -0.522. The van der Waals surface area contributed by atoms with Crippen LogP contribution in [0.15, 0.2) is 0 Å². The highest BCUT2D eigenvalue weighted by atomic mass is 16.5. The van der Waals surface area contributed by atoms with Crippen molar-refractivity contribution < 1.29 is 14.6 Å². The average molecular weight is 242 g/mol. The first kappa shape index (κ1) is 14.5. The van der Waals surface area contributed by atoms with Crippen molar-refractivity contribution in [3.63, 3.8) is 0 Å². The van der Waals surface area contributed by atoms with Crippen molar-refractivity contribution in [3.05, 3.63) is 0 Å². The maximum Gasteiger partial charge on any atom is 0.308 e. The lowest BCUT2D eigenvalue weighted by Gasteiger charge is -2.29. The van der Waals surface area contributed by atoms with Crippen molar-refractivity contribution in [1.29, 1.82) is 0 Å². The quantitative estimate of drug-likeness (QED) is 0.774. The molecule has 1 fully saturated rings. The summed E-state index contributed by atoms with van der Waals surface area (Å²) in [5, 5.41) is 9.97. The van der Waals surface area contributed by atoms with Gasteiger partial charge in [0, 0.05) is 0 Å². The molecule has 0 amide bonds. The molecule has 1 aliphatic carbocycles. The van der Waals surface area contributed by atoms with Crippen LogP contribution in [0.1, 0.15) is 65.7 Å². The van der Waals surface area contributed by atoms with Crippen LogP contribution in [-0.4, -0.2) is 22.8 Å². The molecule has 1 rings (SSSR count). The number of hydrogen-bond acceptors (Lipinski definition) is 3. The van der Waals surface area contributed by atoms with Gasteiger partial charge in [-0.2, -0.15) is 0 Å². The second-order valence-corrected chi connectivity index (χ2v) is 5.65. The molecule has 0 saturated heterocycles. The highest BCUT2D eigenvalue weighted by Gasteiger charge is 2.26. The van der Waals surface area contributed by atoms with Crippen LogP contribution >= 0.6 is 0 Å². The number of carbonyl (C=O) groups excluding carboxylic acids is 1. The molecule has 1 N–H and O–H groups in total. The van der Waals surface area contributed by atoms with Gasteiger partial charge in [0.25, 0.3) is 0 Å². The first-order valence-electron chi connectivity index (χ1n) is 6.87. The Labute approximate surface area is 105 Å². The molecule has 1 unspecified atom stereocenters. The van der Waals surface area contributed by atoms with E-state index in [-0.39, 0.29) is 18.0 Å². The number of hydrogen-bond donors (Lipinski definition) is 1. The summed E-state index contributed by atoms with van der Waals surface area (Å²) in [6.07, 6.45) is 6.16. The Morgan fingerprint density at radius 1 is 1.41 bits per heavy atom. The maximum absolute atomic E-state index is 11.7. The summed E-state index contributed by atoms with van der Waals surface area (Å²) < 4.78 is 5.53. The van der Waals surface area contributed by atoms with Gasteiger partial charge < -0.3 is 9.84 Å². The fraction of sp³-hybridized carbons (Fsp3) is 0.929. The van der Waals surface area contributed by atoms with E-state index in [0.717, 1.165) is 44.9 Å². The van der Waals surface area contributed by atoms with Crippen LogP contribution in [0.4, 0.5) is 0 Å². The standard InChI is InChI=1S/C14H26O3/c1-4-11(2)13(15)17-12-7-5-9-14(3,16)10-6-8-12/h11-12,16H,4-10H2,1-3H3. The maximum atomic E-state index is 11.7. The molecule has 0 aliphatic heterocycles. The molecule has 1 aliphatic rings. The topological polar surface area (TPSA) is 46.5 Å². The zero-order valence-corrected chi connectivity index (χ0v) is 11.4. The normalized spacial score (nSPS) is 32.4. The molecule has 0 bridgehead atoms. The smallest absolute Gasteiger partial charge is 0.308 e. The Balaban J connectivity index is 2.38. The number of esters is 1. The molecule has 0 aromatic rings. The summed E-state index contributed by atoms with van der Waals surface area (Å²) in [6, 6.07) is 0. The van der Waals surface area contributed by atoms with E-state index in [9.17, 15) is 9.90 Å². The molecule has 100 valence electrons. The predicted molar refractivity (Wildman–Crippen MR) is 67.7 cm³/mol. The number of ether oxygens (including phenoxy) is 1. The number of carbonyl (C=O) groups is 1. The molecule has 0 heterocycles. The first-order valence-corrected chi connectivity index (χ1v) is 6.87. The molecule has 0 aromatic heterocycles. The van der Waals surface area contributed by atoms with Gasteiger partial charge in [0.1, 0.15) is 6.10 Å². The van der Waals surface area contributed by atoms with Gasteiger partial charge in [-0.1, -0.05) is 13.8 Å².